The van der Waals surface area contributed by atoms with Crippen LogP contribution in [0.3, 0.4) is 0 Å². The summed E-state index contributed by atoms with van der Waals surface area (Å²) in [4.78, 5) is 10.3. The van der Waals surface area contributed by atoms with Gasteiger partial charge in [-0.15, -0.1) is 0 Å². The summed E-state index contributed by atoms with van der Waals surface area (Å²) in [5.41, 5.74) is 1.73. The summed E-state index contributed by atoms with van der Waals surface area (Å²) in [7, 11) is 0. The van der Waals surface area contributed by atoms with Gasteiger partial charge in [0, 0.05) is 6.08 Å². The Bertz CT molecular complexity index is 434. The van der Waals surface area contributed by atoms with Crippen LogP contribution in [0.25, 0.3) is 6.08 Å². The standard InChI is InChI=1S/C11H10O4/c1-7-4-8(2-3-10(12)13)5-9-11(7)15-6-14-9/h2-5H,6H2,1H3,(H,12,13)/b3-2+. The normalized spacial score (nSPS) is 13.4. The largest absolute Gasteiger partial charge is 0.478 e. The van der Waals surface area contributed by atoms with E-state index in [0.29, 0.717) is 5.75 Å². The number of fused-ring (bicyclic) bond motifs is 1. The van der Waals surface area contributed by atoms with E-state index in [4.69, 9.17) is 14.6 Å². The molecule has 4 heteroatoms. The molecule has 78 valence electrons. The molecule has 1 aliphatic rings. The highest BCUT2D eigenvalue weighted by atomic mass is 16.7. The van der Waals surface area contributed by atoms with Crippen molar-refractivity contribution < 1.29 is 19.4 Å². The lowest BCUT2D eigenvalue weighted by molar-refractivity contribution is -0.131. The van der Waals surface area contributed by atoms with Gasteiger partial charge in [0.25, 0.3) is 0 Å². The Balaban J connectivity index is 2.35. The lowest BCUT2D eigenvalue weighted by Crippen LogP contribution is -1.93. The van der Waals surface area contributed by atoms with Crippen molar-refractivity contribution in [1.82, 2.24) is 0 Å². The van der Waals surface area contributed by atoms with Crippen molar-refractivity contribution in [3.8, 4) is 11.5 Å². The number of ether oxygens (including phenoxy) is 2. The highest BCUT2D eigenvalue weighted by Crippen LogP contribution is 2.36. The number of hydrogen-bond acceptors (Lipinski definition) is 3. The molecule has 0 saturated carbocycles. The van der Waals surface area contributed by atoms with Crippen molar-refractivity contribution in [3.63, 3.8) is 0 Å². The third-order valence-corrected chi connectivity index (χ3v) is 2.10. The second-order valence-corrected chi connectivity index (χ2v) is 3.24. The van der Waals surface area contributed by atoms with Gasteiger partial charge in [0.05, 0.1) is 0 Å². The minimum atomic E-state index is -0.967. The van der Waals surface area contributed by atoms with Gasteiger partial charge in [-0.2, -0.15) is 0 Å². The molecule has 0 spiro atoms. The average Bonchev–Trinajstić information content (AvgIpc) is 2.63. The molecule has 0 bridgehead atoms. The van der Waals surface area contributed by atoms with E-state index in [0.717, 1.165) is 23.0 Å². The first-order chi connectivity index (χ1) is 7.16. The fraction of sp³-hybridized carbons (Fsp3) is 0.182. The van der Waals surface area contributed by atoms with E-state index >= 15 is 0 Å². The smallest absolute Gasteiger partial charge is 0.328 e. The molecule has 15 heavy (non-hydrogen) atoms. The molecular formula is C11H10O4. The summed E-state index contributed by atoms with van der Waals surface area (Å²) in [6.07, 6.45) is 2.62. The zero-order valence-electron chi connectivity index (χ0n) is 8.19. The molecule has 0 unspecified atom stereocenters. The van der Waals surface area contributed by atoms with Crippen LogP contribution in [-0.2, 0) is 4.79 Å². The summed E-state index contributed by atoms with van der Waals surface area (Å²) < 4.78 is 10.5. The molecule has 1 heterocycles. The second kappa shape index (κ2) is 3.65. The number of aryl methyl sites for hydroxylation is 1. The molecule has 1 aliphatic heterocycles. The van der Waals surface area contributed by atoms with Gasteiger partial charge >= 0.3 is 5.97 Å². The number of hydrogen-bond donors (Lipinski definition) is 1. The molecule has 0 radical (unpaired) electrons. The van der Waals surface area contributed by atoms with Crippen molar-refractivity contribution in [2.24, 2.45) is 0 Å². The quantitative estimate of drug-likeness (QED) is 0.750. The van der Waals surface area contributed by atoms with Crippen LogP contribution in [0.2, 0.25) is 0 Å². The molecule has 1 aromatic rings. The highest BCUT2D eigenvalue weighted by molar-refractivity contribution is 5.85. The molecule has 2 rings (SSSR count). The maximum atomic E-state index is 10.3. The molecule has 0 aromatic heterocycles. The number of carboxylic acid groups (broad SMARTS) is 1. The number of aliphatic carboxylic acids is 1. The number of benzene rings is 1. The maximum Gasteiger partial charge on any atom is 0.328 e. The van der Waals surface area contributed by atoms with Gasteiger partial charge in [0.1, 0.15) is 0 Å². The zero-order chi connectivity index (χ0) is 10.8. The van der Waals surface area contributed by atoms with E-state index < -0.39 is 5.97 Å². The highest BCUT2D eigenvalue weighted by Gasteiger charge is 2.16. The Kier molecular flexibility index (Phi) is 2.33. The SMILES string of the molecule is Cc1cc(/C=C/C(=O)O)cc2c1OCO2. The molecule has 1 aromatic carbocycles. The van der Waals surface area contributed by atoms with Crippen LogP contribution in [-0.4, -0.2) is 17.9 Å². The van der Waals surface area contributed by atoms with Gasteiger partial charge in [-0.1, -0.05) is 0 Å². The predicted octanol–water partition coefficient (Wildman–Crippen LogP) is 1.82. The zero-order valence-corrected chi connectivity index (χ0v) is 8.19. The van der Waals surface area contributed by atoms with Crippen LogP contribution in [0.5, 0.6) is 11.5 Å². The molecule has 0 amide bonds. The summed E-state index contributed by atoms with van der Waals surface area (Å²) in [6.45, 7) is 2.12. The number of rotatable bonds is 2. The van der Waals surface area contributed by atoms with Crippen LogP contribution in [0.15, 0.2) is 18.2 Å². The van der Waals surface area contributed by atoms with Crippen LogP contribution in [0.4, 0.5) is 0 Å². The topological polar surface area (TPSA) is 55.8 Å². The fourth-order valence-electron chi connectivity index (χ4n) is 1.48. The summed E-state index contributed by atoms with van der Waals surface area (Å²) in [5.74, 6) is 0.438. The van der Waals surface area contributed by atoms with Crippen LogP contribution in [0, 0.1) is 6.92 Å². The molecule has 0 aliphatic carbocycles. The van der Waals surface area contributed by atoms with Crippen LogP contribution >= 0.6 is 0 Å². The van der Waals surface area contributed by atoms with Crippen molar-refractivity contribution in [3.05, 3.63) is 29.3 Å². The monoisotopic (exact) mass is 206 g/mol. The van der Waals surface area contributed by atoms with Gasteiger partial charge in [-0.05, 0) is 36.3 Å². The third kappa shape index (κ3) is 1.93. The molecule has 0 fully saturated rings. The van der Waals surface area contributed by atoms with Crippen molar-refractivity contribution in [2.75, 3.05) is 6.79 Å². The molecular weight excluding hydrogens is 196 g/mol. The van der Waals surface area contributed by atoms with E-state index in [1.807, 2.05) is 13.0 Å². The molecule has 4 nitrogen and oxygen atoms in total. The fourth-order valence-corrected chi connectivity index (χ4v) is 1.48. The Hall–Kier alpha value is -1.97. The van der Waals surface area contributed by atoms with Crippen molar-refractivity contribution in [1.29, 1.82) is 0 Å². The van der Waals surface area contributed by atoms with Crippen molar-refractivity contribution in [2.45, 2.75) is 6.92 Å². The first-order valence-electron chi connectivity index (χ1n) is 4.48. The Labute approximate surface area is 86.7 Å². The Morgan fingerprint density at radius 3 is 3.00 bits per heavy atom. The van der Waals surface area contributed by atoms with Gasteiger partial charge in [-0.3, -0.25) is 0 Å². The minimum Gasteiger partial charge on any atom is -0.478 e. The predicted molar refractivity (Wildman–Crippen MR) is 54.0 cm³/mol. The van der Waals surface area contributed by atoms with Crippen LogP contribution in [0.1, 0.15) is 11.1 Å². The Morgan fingerprint density at radius 2 is 2.27 bits per heavy atom. The Morgan fingerprint density at radius 1 is 1.47 bits per heavy atom. The van der Waals surface area contributed by atoms with Gasteiger partial charge in [0.15, 0.2) is 11.5 Å². The van der Waals surface area contributed by atoms with Gasteiger partial charge in [0.2, 0.25) is 6.79 Å². The van der Waals surface area contributed by atoms with Crippen molar-refractivity contribution >= 4 is 12.0 Å². The van der Waals surface area contributed by atoms with E-state index in [2.05, 4.69) is 0 Å². The lowest BCUT2D eigenvalue weighted by atomic mass is 10.1. The van der Waals surface area contributed by atoms with E-state index in [-0.39, 0.29) is 6.79 Å². The lowest BCUT2D eigenvalue weighted by Gasteiger charge is -2.01. The number of carboxylic acids is 1. The minimum absolute atomic E-state index is 0.224. The number of carbonyl (C=O) groups is 1. The van der Waals surface area contributed by atoms with E-state index in [1.54, 1.807) is 6.07 Å². The first-order valence-corrected chi connectivity index (χ1v) is 4.48. The average molecular weight is 206 g/mol. The maximum absolute atomic E-state index is 10.3. The summed E-state index contributed by atoms with van der Waals surface area (Å²) >= 11 is 0. The molecule has 0 atom stereocenters. The third-order valence-electron chi connectivity index (χ3n) is 2.10. The first kappa shape index (κ1) is 9.58. The molecule has 1 N–H and O–H groups in total. The summed E-state index contributed by atoms with van der Waals surface area (Å²) in [6, 6.07) is 3.61. The summed E-state index contributed by atoms with van der Waals surface area (Å²) in [5, 5.41) is 8.49. The van der Waals surface area contributed by atoms with E-state index in [9.17, 15) is 4.79 Å². The second-order valence-electron chi connectivity index (χ2n) is 3.24. The van der Waals surface area contributed by atoms with Gasteiger partial charge < -0.3 is 14.6 Å². The van der Waals surface area contributed by atoms with Gasteiger partial charge in [-0.25, -0.2) is 4.79 Å². The van der Waals surface area contributed by atoms with Crippen LogP contribution < -0.4 is 9.47 Å². The van der Waals surface area contributed by atoms with E-state index in [1.165, 1.54) is 6.08 Å². The molecule has 0 saturated heterocycles.